The molecule has 3 rings (SSSR count). The van der Waals surface area contributed by atoms with Crippen molar-refractivity contribution >= 4 is 6.03 Å². The minimum Gasteiger partial charge on any atom is -0.375 e. The van der Waals surface area contributed by atoms with E-state index in [2.05, 4.69) is 9.55 Å². The van der Waals surface area contributed by atoms with Crippen molar-refractivity contribution in [1.29, 1.82) is 0 Å². The van der Waals surface area contributed by atoms with Crippen molar-refractivity contribution < 1.29 is 9.53 Å². The van der Waals surface area contributed by atoms with Crippen molar-refractivity contribution in [2.75, 3.05) is 27.2 Å². The number of aryl methyl sites for hydroxylation is 1. The summed E-state index contributed by atoms with van der Waals surface area (Å²) in [6, 6.07) is 0.0644. The number of rotatable bonds is 4. The molecule has 0 bridgehead atoms. The third-order valence-corrected chi connectivity index (χ3v) is 4.14. The molecule has 1 fully saturated rings. The summed E-state index contributed by atoms with van der Waals surface area (Å²) in [7, 11) is 3.59. The Labute approximate surface area is 125 Å². The van der Waals surface area contributed by atoms with Gasteiger partial charge in [0.25, 0.3) is 0 Å². The number of imidazole rings is 1. The number of fused-ring (bicyclic) bond motifs is 1. The summed E-state index contributed by atoms with van der Waals surface area (Å²) in [5.41, 5.74) is 2.10. The molecule has 2 aliphatic rings. The Balaban J connectivity index is 1.68. The second-order valence-corrected chi connectivity index (χ2v) is 6.24. The number of carbonyl (C=O) groups excluding carboxylic acids is 1. The molecule has 0 N–H and O–H groups in total. The summed E-state index contributed by atoms with van der Waals surface area (Å²) in [4.78, 5) is 20.2. The summed E-state index contributed by atoms with van der Waals surface area (Å²) in [5.74, 6) is 0.762. The number of amides is 2. The van der Waals surface area contributed by atoms with Crippen LogP contribution in [-0.2, 0) is 24.4 Å². The molecule has 2 heterocycles. The number of carbonyl (C=O) groups is 1. The molecule has 1 aromatic heterocycles. The van der Waals surface area contributed by atoms with Gasteiger partial charge in [0.1, 0.15) is 0 Å². The lowest BCUT2D eigenvalue weighted by atomic mass is 10.3. The van der Waals surface area contributed by atoms with Crippen LogP contribution in [0, 0.1) is 5.92 Å². The topological polar surface area (TPSA) is 50.6 Å². The first-order valence-electron chi connectivity index (χ1n) is 7.72. The van der Waals surface area contributed by atoms with Gasteiger partial charge in [-0.25, -0.2) is 9.78 Å². The highest BCUT2D eigenvalue weighted by molar-refractivity contribution is 5.73. The van der Waals surface area contributed by atoms with Crippen LogP contribution < -0.4 is 0 Å². The molecule has 6 nitrogen and oxygen atoms in total. The average molecular weight is 292 g/mol. The molecule has 0 saturated heterocycles. The maximum atomic E-state index is 12.2. The van der Waals surface area contributed by atoms with E-state index in [0.29, 0.717) is 13.2 Å². The predicted octanol–water partition coefficient (Wildman–Crippen LogP) is 1.70. The van der Waals surface area contributed by atoms with E-state index >= 15 is 0 Å². The zero-order valence-corrected chi connectivity index (χ0v) is 12.9. The fourth-order valence-electron chi connectivity index (χ4n) is 2.69. The van der Waals surface area contributed by atoms with E-state index in [1.807, 2.05) is 11.2 Å². The fraction of sp³-hybridized carbons (Fsp3) is 0.733. The molecule has 1 aliphatic heterocycles. The fourth-order valence-corrected chi connectivity index (χ4v) is 2.69. The monoisotopic (exact) mass is 292 g/mol. The Hall–Kier alpha value is -1.56. The SMILES string of the molecule is CN(C)C(=O)N1CCCn2cnc(COCC3CC3)c2C1. The first-order chi connectivity index (χ1) is 10.1. The summed E-state index contributed by atoms with van der Waals surface area (Å²) in [6.07, 6.45) is 5.44. The van der Waals surface area contributed by atoms with Crippen LogP contribution in [0.4, 0.5) is 4.79 Å². The highest BCUT2D eigenvalue weighted by Gasteiger charge is 2.24. The Morgan fingerprint density at radius 3 is 2.95 bits per heavy atom. The van der Waals surface area contributed by atoms with Gasteiger partial charge in [-0.3, -0.25) is 0 Å². The van der Waals surface area contributed by atoms with Crippen LogP contribution in [0.5, 0.6) is 0 Å². The van der Waals surface area contributed by atoms with Crippen LogP contribution in [0.2, 0.25) is 0 Å². The van der Waals surface area contributed by atoms with E-state index in [9.17, 15) is 4.79 Å². The molecule has 0 aromatic carbocycles. The van der Waals surface area contributed by atoms with Gasteiger partial charge in [0.05, 0.1) is 30.9 Å². The maximum Gasteiger partial charge on any atom is 0.319 e. The molecular formula is C15H24N4O2. The molecule has 1 aliphatic carbocycles. The van der Waals surface area contributed by atoms with Gasteiger partial charge in [-0.2, -0.15) is 0 Å². The van der Waals surface area contributed by atoms with Gasteiger partial charge in [-0.15, -0.1) is 0 Å². The first-order valence-corrected chi connectivity index (χ1v) is 7.72. The zero-order chi connectivity index (χ0) is 14.8. The molecule has 2 amide bonds. The number of urea groups is 1. The first kappa shape index (κ1) is 14.4. The lowest BCUT2D eigenvalue weighted by molar-refractivity contribution is 0.107. The highest BCUT2D eigenvalue weighted by Crippen LogP contribution is 2.29. The Morgan fingerprint density at radius 2 is 2.24 bits per heavy atom. The minimum atomic E-state index is 0.0644. The van der Waals surface area contributed by atoms with E-state index in [4.69, 9.17) is 4.74 Å². The zero-order valence-electron chi connectivity index (χ0n) is 12.9. The molecule has 21 heavy (non-hydrogen) atoms. The lowest BCUT2D eigenvalue weighted by Crippen LogP contribution is -2.39. The second kappa shape index (κ2) is 6.05. The van der Waals surface area contributed by atoms with Crippen molar-refractivity contribution in [3.05, 3.63) is 17.7 Å². The van der Waals surface area contributed by atoms with E-state index in [-0.39, 0.29) is 6.03 Å². The van der Waals surface area contributed by atoms with E-state index < -0.39 is 0 Å². The molecule has 0 spiro atoms. The van der Waals surface area contributed by atoms with Gasteiger partial charge in [-0.1, -0.05) is 0 Å². The van der Waals surface area contributed by atoms with Crippen LogP contribution in [0.15, 0.2) is 6.33 Å². The molecule has 6 heteroatoms. The van der Waals surface area contributed by atoms with Crippen molar-refractivity contribution in [1.82, 2.24) is 19.4 Å². The summed E-state index contributed by atoms with van der Waals surface area (Å²) in [5, 5.41) is 0. The van der Waals surface area contributed by atoms with Crippen molar-refractivity contribution in [3.8, 4) is 0 Å². The largest absolute Gasteiger partial charge is 0.375 e. The van der Waals surface area contributed by atoms with Crippen LogP contribution in [-0.4, -0.2) is 52.6 Å². The maximum absolute atomic E-state index is 12.2. The summed E-state index contributed by atoms with van der Waals surface area (Å²) in [6.45, 7) is 3.73. The lowest BCUT2D eigenvalue weighted by Gasteiger charge is -2.24. The number of nitrogens with zero attached hydrogens (tertiary/aromatic N) is 4. The number of hydrogen-bond donors (Lipinski definition) is 0. The van der Waals surface area contributed by atoms with Gasteiger partial charge in [0, 0.05) is 33.8 Å². The normalized spacial score (nSPS) is 18.3. The Morgan fingerprint density at radius 1 is 1.43 bits per heavy atom. The van der Waals surface area contributed by atoms with Crippen molar-refractivity contribution in [2.45, 2.75) is 39.0 Å². The van der Waals surface area contributed by atoms with Gasteiger partial charge >= 0.3 is 6.03 Å². The van der Waals surface area contributed by atoms with E-state index in [0.717, 1.165) is 43.4 Å². The third kappa shape index (κ3) is 3.37. The van der Waals surface area contributed by atoms with Crippen molar-refractivity contribution in [3.63, 3.8) is 0 Å². The van der Waals surface area contributed by atoms with E-state index in [1.54, 1.807) is 19.0 Å². The minimum absolute atomic E-state index is 0.0644. The highest BCUT2D eigenvalue weighted by atomic mass is 16.5. The Bertz CT molecular complexity index is 508. The second-order valence-electron chi connectivity index (χ2n) is 6.24. The summed E-state index contributed by atoms with van der Waals surface area (Å²) >= 11 is 0. The standard InChI is InChI=1S/C15H24N4O2/c1-17(2)15(20)18-6-3-7-19-11-16-13(14(19)8-18)10-21-9-12-4-5-12/h11-12H,3-10H2,1-2H3. The third-order valence-electron chi connectivity index (χ3n) is 4.14. The molecule has 0 radical (unpaired) electrons. The number of hydrogen-bond acceptors (Lipinski definition) is 3. The number of ether oxygens (including phenoxy) is 1. The summed E-state index contributed by atoms with van der Waals surface area (Å²) < 4.78 is 7.93. The molecular weight excluding hydrogens is 268 g/mol. The van der Waals surface area contributed by atoms with Crippen LogP contribution in [0.25, 0.3) is 0 Å². The van der Waals surface area contributed by atoms with Gasteiger partial charge in [0.15, 0.2) is 0 Å². The number of aromatic nitrogens is 2. The van der Waals surface area contributed by atoms with E-state index in [1.165, 1.54) is 12.8 Å². The van der Waals surface area contributed by atoms with Crippen molar-refractivity contribution in [2.24, 2.45) is 5.92 Å². The van der Waals surface area contributed by atoms with Crippen LogP contribution in [0.1, 0.15) is 30.7 Å². The van der Waals surface area contributed by atoms with Crippen LogP contribution in [0.3, 0.4) is 0 Å². The molecule has 0 unspecified atom stereocenters. The molecule has 116 valence electrons. The quantitative estimate of drug-likeness (QED) is 0.848. The Kier molecular flexibility index (Phi) is 4.14. The van der Waals surface area contributed by atoms with Crippen LogP contribution >= 0.6 is 0 Å². The van der Waals surface area contributed by atoms with Gasteiger partial charge < -0.3 is 19.1 Å². The molecule has 1 aromatic rings. The molecule has 0 atom stereocenters. The average Bonchev–Trinajstić information content (AvgIpc) is 3.24. The molecule has 1 saturated carbocycles. The predicted molar refractivity (Wildman–Crippen MR) is 78.7 cm³/mol. The van der Waals surface area contributed by atoms with Gasteiger partial charge in [0.2, 0.25) is 0 Å². The smallest absolute Gasteiger partial charge is 0.319 e. The van der Waals surface area contributed by atoms with Gasteiger partial charge in [-0.05, 0) is 25.2 Å².